The average Bonchev–Trinajstić information content (AvgIpc) is 2.63. The van der Waals surface area contributed by atoms with Crippen LogP contribution in [-0.2, 0) is 9.31 Å². The van der Waals surface area contributed by atoms with E-state index < -0.39 is 8.07 Å². The third-order valence-corrected chi connectivity index (χ3v) is 8.36. The molecule has 90 valence electrons. The molecule has 1 aliphatic rings. The predicted molar refractivity (Wildman–Crippen MR) is 73.1 cm³/mol. The van der Waals surface area contributed by atoms with Crippen LogP contribution in [0.25, 0.3) is 0 Å². The smallest absolute Gasteiger partial charge is 0.405 e. The van der Waals surface area contributed by atoms with Gasteiger partial charge in [-0.3, -0.25) is 0 Å². The highest BCUT2D eigenvalue weighted by Gasteiger charge is 2.32. The highest BCUT2D eigenvalue weighted by molar-refractivity contribution is 6.84. The first-order chi connectivity index (χ1) is 7.33. The molecule has 0 spiro atoms. The Hall–Kier alpha value is -0.318. The van der Waals surface area contributed by atoms with Crippen molar-refractivity contribution in [1.29, 1.82) is 0 Å². The van der Waals surface area contributed by atoms with Crippen molar-refractivity contribution in [3.63, 3.8) is 0 Å². The summed E-state index contributed by atoms with van der Waals surface area (Å²) in [5.41, 5.74) is 2.37. The maximum absolute atomic E-state index is 5.32. The summed E-state index contributed by atoms with van der Waals surface area (Å²) in [5.74, 6) is 1.97. The van der Waals surface area contributed by atoms with Crippen molar-refractivity contribution < 1.29 is 9.31 Å². The fraction of sp³-hybridized carbons (Fsp3) is 0.667. The molecule has 0 aliphatic carbocycles. The summed E-state index contributed by atoms with van der Waals surface area (Å²) in [6.07, 6.45) is 4.18. The van der Waals surface area contributed by atoms with Gasteiger partial charge in [-0.05, 0) is 5.04 Å². The van der Waals surface area contributed by atoms with Crippen molar-refractivity contribution in [2.24, 2.45) is 0 Å². The van der Waals surface area contributed by atoms with Gasteiger partial charge in [-0.2, -0.15) is 0 Å². The standard InChI is InChI=1S/C12H23BO2Si/c1-12(2,3)16(4,5)11-7-6-8-13-14-9-10-15-13/h6-8,11H,9-10H2,1-5H3/b8-6+,11-7+. The molecular weight excluding hydrogens is 215 g/mol. The van der Waals surface area contributed by atoms with E-state index in [4.69, 9.17) is 9.31 Å². The number of rotatable bonds is 3. The lowest BCUT2D eigenvalue weighted by Crippen LogP contribution is -2.34. The van der Waals surface area contributed by atoms with Gasteiger partial charge in [-0.15, -0.1) is 0 Å². The van der Waals surface area contributed by atoms with Gasteiger partial charge in [0.25, 0.3) is 0 Å². The first-order valence-corrected chi connectivity index (χ1v) is 9.00. The number of hydrogen-bond donors (Lipinski definition) is 0. The molecule has 0 aromatic heterocycles. The molecule has 1 fully saturated rings. The molecule has 0 atom stereocenters. The lowest BCUT2D eigenvalue weighted by atomic mass is 9.91. The Kier molecular flexibility index (Phi) is 4.59. The van der Waals surface area contributed by atoms with E-state index in [-0.39, 0.29) is 7.12 Å². The zero-order chi connectivity index (χ0) is 12.2. The van der Waals surface area contributed by atoms with E-state index in [1.807, 2.05) is 12.1 Å². The quantitative estimate of drug-likeness (QED) is 0.555. The van der Waals surface area contributed by atoms with Crippen LogP contribution < -0.4 is 0 Å². The Labute approximate surface area is 101 Å². The Morgan fingerprint density at radius 1 is 1.06 bits per heavy atom. The van der Waals surface area contributed by atoms with Crippen molar-refractivity contribution in [1.82, 2.24) is 0 Å². The van der Waals surface area contributed by atoms with Crippen molar-refractivity contribution in [3.8, 4) is 0 Å². The average molecular weight is 238 g/mol. The molecule has 4 heteroatoms. The summed E-state index contributed by atoms with van der Waals surface area (Å²) >= 11 is 0. The van der Waals surface area contributed by atoms with Gasteiger partial charge in [0.2, 0.25) is 0 Å². The van der Waals surface area contributed by atoms with E-state index in [1.165, 1.54) is 0 Å². The molecule has 0 N–H and O–H groups in total. The van der Waals surface area contributed by atoms with E-state index in [9.17, 15) is 0 Å². The molecule has 1 saturated heterocycles. The van der Waals surface area contributed by atoms with Crippen molar-refractivity contribution in [3.05, 3.63) is 23.8 Å². The second kappa shape index (κ2) is 5.34. The maximum Gasteiger partial charge on any atom is 0.486 e. The second-order valence-electron chi connectivity index (χ2n) is 5.83. The van der Waals surface area contributed by atoms with Gasteiger partial charge in [0.15, 0.2) is 0 Å². The highest BCUT2D eigenvalue weighted by atomic mass is 28.3. The molecule has 0 amide bonds. The molecule has 1 rings (SSSR count). The summed E-state index contributed by atoms with van der Waals surface area (Å²) in [6, 6.07) is 0. The monoisotopic (exact) mass is 238 g/mol. The van der Waals surface area contributed by atoms with Crippen molar-refractivity contribution in [2.75, 3.05) is 13.2 Å². The molecule has 0 unspecified atom stereocenters. The van der Waals surface area contributed by atoms with Crippen LogP contribution in [0.1, 0.15) is 20.8 Å². The molecule has 0 aromatic rings. The van der Waals surface area contributed by atoms with Crippen LogP contribution in [0.2, 0.25) is 18.1 Å². The van der Waals surface area contributed by atoms with Gasteiger partial charge in [-0.25, -0.2) is 0 Å². The first-order valence-electron chi connectivity index (χ1n) is 5.92. The summed E-state index contributed by atoms with van der Waals surface area (Å²) in [4.78, 5) is 0. The van der Waals surface area contributed by atoms with Crippen LogP contribution >= 0.6 is 0 Å². The largest absolute Gasteiger partial charge is 0.486 e. The summed E-state index contributed by atoms with van der Waals surface area (Å²) < 4.78 is 10.6. The SMILES string of the molecule is CC(C)(C)[Si](C)(C)/C=C/C=C/B1OCCO1. The van der Waals surface area contributed by atoms with Crippen LogP contribution in [0.5, 0.6) is 0 Å². The minimum absolute atomic E-state index is 0.135. The number of allylic oxidation sites excluding steroid dienone is 2. The zero-order valence-corrected chi connectivity index (χ0v) is 12.1. The summed E-state index contributed by atoms with van der Waals surface area (Å²) in [7, 11) is -1.43. The molecule has 0 radical (unpaired) electrons. The Balaban J connectivity index is 2.47. The molecule has 16 heavy (non-hydrogen) atoms. The third kappa shape index (κ3) is 3.92. The molecule has 1 aliphatic heterocycles. The van der Waals surface area contributed by atoms with E-state index in [0.29, 0.717) is 18.3 Å². The molecular formula is C12H23BO2Si. The zero-order valence-electron chi connectivity index (χ0n) is 11.1. The van der Waals surface area contributed by atoms with E-state index in [1.54, 1.807) is 0 Å². The molecule has 0 bridgehead atoms. The topological polar surface area (TPSA) is 18.5 Å². The fourth-order valence-electron chi connectivity index (χ4n) is 1.19. The second-order valence-corrected chi connectivity index (χ2v) is 11.1. The van der Waals surface area contributed by atoms with Crippen LogP contribution in [-0.4, -0.2) is 28.4 Å². The van der Waals surface area contributed by atoms with Crippen LogP contribution in [0.4, 0.5) is 0 Å². The molecule has 1 heterocycles. The van der Waals surface area contributed by atoms with Crippen molar-refractivity contribution in [2.45, 2.75) is 38.9 Å². The van der Waals surface area contributed by atoms with Gasteiger partial charge < -0.3 is 9.31 Å². The van der Waals surface area contributed by atoms with Gasteiger partial charge >= 0.3 is 7.12 Å². The molecule has 0 aromatic carbocycles. The van der Waals surface area contributed by atoms with Gasteiger partial charge in [-0.1, -0.05) is 57.7 Å². The minimum Gasteiger partial charge on any atom is -0.405 e. The van der Waals surface area contributed by atoms with Crippen LogP contribution in [0, 0.1) is 0 Å². The van der Waals surface area contributed by atoms with Crippen molar-refractivity contribution >= 4 is 15.2 Å². The summed E-state index contributed by atoms with van der Waals surface area (Å²) in [6.45, 7) is 13.1. The third-order valence-electron chi connectivity index (χ3n) is 3.47. The van der Waals surface area contributed by atoms with Gasteiger partial charge in [0.1, 0.15) is 0 Å². The predicted octanol–water partition coefficient (Wildman–Crippen LogP) is 3.22. The summed E-state index contributed by atoms with van der Waals surface area (Å²) in [5, 5.41) is 0.400. The Morgan fingerprint density at radius 2 is 1.62 bits per heavy atom. The van der Waals surface area contributed by atoms with E-state index >= 15 is 0 Å². The highest BCUT2D eigenvalue weighted by Crippen LogP contribution is 2.36. The van der Waals surface area contributed by atoms with Crippen LogP contribution in [0.3, 0.4) is 0 Å². The van der Waals surface area contributed by atoms with Gasteiger partial charge in [0, 0.05) is 0 Å². The van der Waals surface area contributed by atoms with E-state index in [0.717, 1.165) is 0 Å². The van der Waals surface area contributed by atoms with E-state index in [2.05, 4.69) is 45.6 Å². The Morgan fingerprint density at radius 3 is 2.12 bits per heavy atom. The minimum atomic E-state index is -1.30. The van der Waals surface area contributed by atoms with Gasteiger partial charge in [0.05, 0.1) is 21.3 Å². The fourth-order valence-corrected chi connectivity index (χ4v) is 2.28. The first kappa shape index (κ1) is 13.7. The lowest BCUT2D eigenvalue weighted by Gasteiger charge is -2.34. The number of hydrogen-bond acceptors (Lipinski definition) is 2. The normalized spacial score (nSPS) is 19.2. The maximum atomic E-state index is 5.32. The Bertz CT molecular complexity index is 273. The molecule has 0 saturated carbocycles. The van der Waals surface area contributed by atoms with Crippen LogP contribution in [0.15, 0.2) is 23.8 Å². The lowest BCUT2D eigenvalue weighted by molar-refractivity contribution is 0.365. The molecule has 2 nitrogen and oxygen atoms in total.